The highest BCUT2D eigenvalue weighted by Crippen LogP contribution is 2.34. The second-order valence-corrected chi connectivity index (χ2v) is 9.87. The normalized spacial score (nSPS) is 12.4. The Bertz CT molecular complexity index is 1090. The molecule has 0 aliphatic rings. The Morgan fingerprint density at radius 2 is 1.73 bits per heavy atom. The number of ether oxygens (including phenoxy) is 1. The summed E-state index contributed by atoms with van der Waals surface area (Å²) in [6.45, 7) is 7.38. The van der Waals surface area contributed by atoms with Crippen LogP contribution in [0.5, 0.6) is 0 Å². The molecule has 0 radical (unpaired) electrons. The zero-order chi connectivity index (χ0) is 24.0. The van der Waals surface area contributed by atoms with Crippen molar-refractivity contribution < 1.29 is 19.4 Å². The van der Waals surface area contributed by atoms with Crippen LogP contribution in [0.15, 0.2) is 60.7 Å². The van der Waals surface area contributed by atoms with Crippen LogP contribution >= 0.6 is 11.8 Å². The molecule has 1 heterocycles. The molecule has 0 saturated heterocycles. The van der Waals surface area contributed by atoms with Crippen molar-refractivity contribution in [3.05, 3.63) is 77.5 Å². The Hall–Kier alpha value is -2.90. The van der Waals surface area contributed by atoms with Crippen LogP contribution in [0.3, 0.4) is 0 Å². The van der Waals surface area contributed by atoms with Crippen LogP contribution in [-0.2, 0) is 26.7 Å². The highest BCUT2D eigenvalue weighted by molar-refractivity contribution is 8.00. The van der Waals surface area contributed by atoms with Gasteiger partial charge in [0.1, 0.15) is 0 Å². The predicted octanol–water partition coefficient (Wildman–Crippen LogP) is 4.74. The molecule has 0 fully saturated rings. The summed E-state index contributed by atoms with van der Waals surface area (Å²) >= 11 is 1.46. The first-order valence-corrected chi connectivity index (χ1v) is 11.9. The molecule has 7 heteroatoms. The average Bonchev–Trinajstić information content (AvgIpc) is 3.20. The summed E-state index contributed by atoms with van der Waals surface area (Å²) in [5, 5.41) is 13.8. The van der Waals surface area contributed by atoms with Gasteiger partial charge in [0.05, 0.1) is 23.7 Å². The van der Waals surface area contributed by atoms with E-state index in [-0.39, 0.29) is 19.0 Å². The maximum atomic E-state index is 13.7. The Morgan fingerprint density at radius 1 is 1.09 bits per heavy atom. The molecule has 174 valence electrons. The van der Waals surface area contributed by atoms with Crippen molar-refractivity contribution in [2.75, 3.05) is 6.61 Å². The summed E-state index contributed by atoms with van der Waals surface area (Å²) in [7, 11) is 0. The van der Waals surface area contributed by atoms with Crippen LogP contribution in [0.25, 0.3) is 11.3 Å². The molecule has 6 nitrogen and oxygen atoms in total. The van der Waals surface area contributed by atoms with Gasteiger partial charge in [-0.05, 0) is 44.9 Å². The molecule has 1 atom stereocenters. The fourth-order valence-corrected chi connectivity index (χ4v) is 4.42. The lowest BCUT2D eigenvalue weighted by atomic mass is 10.0. The zero-order valence-electron chi connectivity index (χ0n) is 19.4. The summed E-state index contributed by atoms with van der Waals surface area (Å²) < 4.78 is 5.90. The maximum Gasteiger partial charge on any atom is 0.338 e. The molecule has 3 rings (SSSR count). The number of carbonyl (C=O) groups is 2. The summed E-state index contributed by atoms with van der Waals surface area (Å²) in [5.41, 5.74) is 4.19. The minimum Gasteiger partial charge on any atom is -0.464 e. The number of Topliss-reactive ketones (excluding diaryl/α,β-unsaturated/α-hetero) is 1. The van der Waals surface area contributed by atoms with E-state index in [0.29, 0.717) is 17.1 Å². The van der Waals surface area contributed by atoms with Gasteiger partial charge < -0.3 is 9.84 Å². The molecule has 0 amide bonds. The van der Waals surface area contributed by atoms with E-state index in [1.807, 2.05) is 81.4 Å². The Balaban J connectivity index is 1.87. The Morgan fingerprint density at radius 3 is 2.33 bits per heavy atom. The molecule has 0 bridgehead atoms. The van der Waals surface area contributed by atoms with Crippen LogP contribution in [-0.4, -0.2) is 38.0 Å². The second-order valence-electron chi connectivity index (χ2n) is 8.27. The van der Waals surface area contributed by atoms with Gasteiger partial charge >= 0.3 is 5.97 Å². The number of aryl methyl sites for hydroxylation is 1. The van der Waals surface area contributed by atoms with Gasteiger partial charge in [-0.1, -0.05) is 54.6 Å². The van der Waals surface area contributed by atoms with Crippen LogP contribution in [0.2, 0.25) is 0 Å². The lowest BCUT2D eigenvalue weighted by molar-refractivity contribution is -0.151. The van der Waals surface area contributed by atoms with Gasteiger partial charge in [0.25, 0.3) is 0 Å². The lowest BCUT2D eigenvalue weighted by Crippen LogP contribution is -2.41. The van der Waals surface area contributed by atoms with E-state index >= 15 is 0 Å². The molecule has 1 aromatic heterocycles. The van der Waals surface area contributed by atoms with Crippen LogP contribution in [0.4, 0.5) is 0 Å². The first kappa shape index (κ1) is 24.7. The van der Waals surface area contributed by atoms with Crippen LogP contribution in [0.1, 0.15) is 43.6 Å². The van der Waals surface area contributed by atoms with E-state index in [1.165, 1.54) is 16.4 Å². The number of ketones is 1. The summed E-state index contributed by atoms with van der Waals surface area (Å²) in [5.74, 6) is -0.272. The van der Waals surface area contributed by atoms with Gasteiger partial charge in [0, 0.05) is 17.0 Å². The minimum absolute atomic E-state index is 0.00713. The smallest absolute Gasteiger partial charge is 0.338 e. The van der Waals surface area contributed by atoms with Crippen molar-refractivity contribution in [2.24, 2.45) is 0 Å². The third kappa shape index (κ3) is 5.92. The number of nitrogens with zero attached hydrogens (tertiary/aromatic N) is 2. The van der Waals surface area contributed by atoms with Gasteiger partial charge in [-0.15, -0.1) is 11.8 Å². The molecule has 1 unspecified atom stereocenters. The minimum atomic E-state index is -1.17. The lowest BCUT2D eigenvalue weighted by Gasteiger charge is -2.27. The molecule has 0 spiro atoms. The van der Waals surface area contributed by atoms with E-state index in [0.717, 1.165) is 16.7 Å². The first-order chi connectivity index (χ1) is 15.8. The third-order valence-corrected chi connectivity index (χ3v) is 6.79. The molecule has 0 saturated carbocycles. The average molecular weight is 467 g/mol. The van der Waals surface area contributed by atoms with E-state index < -0.39 is 16.8 Å². The number of aromatic nitrogens is 2. The van der Waals surface area contributed by atoms with E-state index in [1.54, 1.807) is 6.92 Å². The second kappa shape index (κ2) is 10.8. The molecule has 33 heavy (non-hydrogen) atoms. The van der Waals surface area contributed by atoms with Crippen molar-refractivity contribution in [2.45, 2.75) is 50.8 Å². The molecule has 0 aliphatic carbocycles. The SMILES string of the molecule is CCOC(=O)C(C(=O)C(C)(C)SCc1ccc(CO)cc1)n1nc(-c2ccccc2)cc1C. The topological polar surface area (TPSA) is 81.4 Å². The fraction of sp³-hybridized carbons (Fsp3) is 0.346. The standard InChI is InChI=1S/C26H30N2O4S/c1-5-32-25(31)23(28-18(2)15-22(27-28)21-9-7-6-8-10-21)24(30)26(3,4)33-17-20-13-11-19(16-29)12-14-20/h6-15,23,29H,5,16-17H2,1-4H3. The van der Waals surface area contributed by atoms with Gasteiger partial charge in [-0.3, -0.25) is 4.79 Å². The summed E-state index contributed by atoms with van der Waals surface area (Å²) in [6, 6.07) is 18.0. The predicted molar refractivity (Wildman–Crippen MR) is 131 cm³/mol. The number of benzene rings is 2. The number of hydrogen-bond acceptors (Lipinski definition) is 6. The number of rotatable bonds is 10. The Labute approximate surface area is 199 Å². The maximum absolute atomic E-state index is 13.7. The van der Waals surface area contributed by atoms with Crippen molar-refractivity contribution in [3.8, 4) is 11.3 Å². The van der Waals surface area contributed by atoms with E-state index in [2.05, 4.69) is 5.10 Å². The van der Waals surface area contributed by atoms with Gasteiger partial charge in [-0.25, -0.2) is 9.48 Å². The van der Waals surface area contributed by atoms with Crippen molar-refractivity contribution in [3.63, 3.8) is 0 Å². The molecular formula is C26H30N2O4S. The highest BCUT2D eigenvalue weighted by Gasteiger charge is 2.41. The van der Waals surface area contributed by atoms with Crippen LogP contribution in [0, 0.1) is 6.92 Å². The Kier molecular flexibility index (Phi) is 8.10. The number of aliphatic hydroxyl groups is 1. The monoisotopic (exact) mass is 466 g/mol. The van der Waals surface area contributed by atoms with E-state index in [4.69, 9.17) is 4.74 Å². The quantitative estimate of drug-likeness (QED) is 0.343. The molecule has 2 aromatic carbocycles. The van der Waals surface area contributed by atoms with Gasteiger partial charge in [0.15, 0.2) is 5.78 Å². The molecule has 1 N–H and O–H groups in total. The summed E-state index contributed by atoms with van der Waals surface area (Å²) in [6.07, 6.45) is 0. The number of esters is 1. The largest absolute Gasteiger partial charge is 0.464 e. The third-order valence-electron chi connectivity index (χ3n) is 5.39. The van der Waals surface area contributed by atoms with Gasteiger partial charge in [-0.2, -0.15) is 5.10 Å². The number of aliphatic hydroxyl groups excluding tert-OH is 1. The highest BCUT2D eigenvalue weighted by atomic mass is 32.2. The number of carbonyl (C=O) groups excluding carboxylic acids is 2. The first-order valence-electron chi connectivity index (χ1n) is 10.9. The molecule has 0 aliphatic heterocycles. The van der Waals surface area contributed by atoms with Gasteiger partial charge in [0.2, 0.25) is 6.04 Å². The van der Waals surface area contributed by atoms with Crippen molar-refractivity contribution >= 4 is 23.5 Å². The van der Waals surface area contributed by atoms with Crippen molar-refractivity contribution in [1.82, 2.24) is 9.78 Å². The fourth-order valence-electron chi connectivity index (χ4n) is 3.44. The van der Waals surface area contributed by atoms with Crippen molar-refractivity contribution in [1.29, 1.82) is 0 Å². The summed E-state index contributed by atoms with van der Waals surface area (Å²) in [4.78, 5) is 26.6. The van der Waals surface area contributed by atoms with Crippen LogP contribution < -0.4 is 0 Å². The molecule has 3 aromatic rings. The number of thioether (sulfide) groups is 1. The van der Waals surface area contributed by atoms with E-state index in [9.17, 15) is 14.7 Å². The molecular weight excluding hydrogens is 436 g/mol. The zero-order valence-corrected chi connectivity index (χ0v) is 20.3. The number of hydrogen-bond donors (Lipinski definition) is 1.